The van der Waals surface area contributed by atoms with E-state index >= 15 is 0 Å². The SMILES string of the molecule is Cc1nc(NC[C@H](NC(=O)OCCS(C)(=O)=O)C(=O)[O-])c(C)c(N2CCC(c3ccc4c(n3)NCCC4)CC2)n1.[Na+]. The number of amides is 1. The van der Waals surface area contributed by atoms with E-state index in [2.05, 4.69) is 43.0 Å². The summed E-state index contributed by atoms with van der Waals surface area (Å²) in [6, 6.07) is 2.91. The van der Waals surface area contributed by atoms with E-state index in [0.29, 0.717) is 17.6 Å². The van der Waals surface area contributed by atoms with Gasteiger partial charge in [0.05, 0.1) is 17.8 Å². The number of carboxylic acids is 1. The van der Waals surface area contributed by atoms with E-state index < -0.39 is 27.9 Å². The number of carbonyl (C=O) groups excluding carboxylic acids is 2. The van der Waals surface area contributed by atoms with Gasteiger partial charge < -0.3 is 35.5 Å². The first-order chi connectivity index (χ1) is 19.0. The summed E-state index contributed by atoms with van der Waals surface area (Å²) in [5, 5.41) is 20.2. The average molecular weight is 598 g/mol. The molecule has 0 radical (unpaired) electrons. The molecule has 1 saturated heterocycles. The van der Waals surface area contributed by atoms with Gasteiger partial charge in [0, 0.05) is 49.6 Å². The van der Waals surface area contributed by atoms with E-state index in [1.54, 1.807) is 6.92 Å². The maximum atomic E-state index is 11.9. The second kappa shape index (κ2) is 14.5. The molecule has 13 nitrogen and oxygen atoms in total. The second-order valence-electron chi connectivity index (χ2n) is 10.3. The number of aryl methyl sites for hydroxylation is 2. The van der Waals surface area contributed by atoms with E-state index in [4.69, 9.17) is 9.72 Å². The summed E-state index contributed by atoms with van der Waals surface area (Å²) >= 11 is 0. The van der Waals surface area contributed by atoms with Crippen LogP contribution in [0.15, 0.2) is 12.1 Å². The van der Waals surface area contributed by atoms with Crippen molar-refractivity contribution >= 4 is 39.4 Å². The predicted octanol–water partition coefficient (Wildman–Crippen LogP) is -2.46. The largest absolute Gasteiger partial charge is 1.00 e. The van der Waals surface area contributed by atoms with Crippen molar-refractivity contribution in [2.45, 2.75) is 51.5 Å². The minimum atomic E-state index is -3.32. The van der Waals surface area contributed by atoms with Crippen molar-refractivity contribution in [2.75, 3.05) is 60.3 Å². The van der Waals surface area contributed by atoms with Gasteiger partial charge in [-0.3, -0.25) is 0 Å². The molecule has 15 heteroatoms. The van der Waals surface area contributed by atoms with E-state index in [-0.39, 0.29) is 48.5 Å². The van der Waals surface area contributed by atoms with Crippen LogP contribution in [0.1, 0.15) is 47.8 Å². The molecule has 1 amide bonds. The van der Waals surface area contributed by atoms with Crippen molar-refractivity contribution in [3.8, 4) is 0 Å². The van der Waals surface area contributed by atoms with Crippen molar-refractivity contribution < 1.29 is 57.4 Å². The first-order valence-electron chi connectivity index (χ1n) is 13.4. The average Bonchev–Trinajstić information content (AvgIpc) is 2.91. The number of carbonyl (C=O) groups is 2. The summed E-state index contributed by atoms with van der Waals surface area (Å²) in [5.74, 6) is 1.22. The number of piperidine rings is 1. The maximum Gasteiger partial charge on any atom is 1.00 e. The Kier molecular flexibility index (Phi) is 11.6. The van der Waals surface area contributed by atoms with Crippen LogP contribution in [0, 0.1) is 13.8 Å². The Morgan fingerprint density at radius 1 is 1.20 bits per heavy atom. The van der Waals surface area contributed by atoms with Crippen LogP contribution in [0.25, 0.3) is 0 Å². The molecule has 0 aromatic carbocycles. The van der Waals surface area contributed by atoms with Crippen LogP contribution in [0.5, 0.6) is 0 Å². The number of fused-ring (bicyclic) bond motifs is 1. The van der Waals surface area contributed by atoms with Gasteiger partial charge in [-0.05, 0) is 51.2 Å². The molecule has 1 atom stereocenters. The topological polar surface area (TPSA) is 179 Å². The number of alkyl carbamates (subject to hydrolysis) is 1. The molecule has 4 heterocycles. The standard InChI is InChI=1S/C26H37N7O6S.Na/c1-16-22(28-15-21(25(34)35)32-26(36)39-13-14-40(3,37)38)29-17(2)30-24(16)33-11-8-18(9-12-33)20-7-6-19-5-4-10-27-23(19)31-20;/h6-7,18,21H,4-5,8-15H2,1-3H3,(H,27,31)(H,32,36)(H,34,35)(H,28,29,30);/q;+1/p-1/t21-;/m0./s1. The van der Waals surface area contributed by atoms with Crippen LogP contribution in [0.2, 0.25) is 0 Å². The Balaban J connectivity index is 0.00000462. The van der Waals surface area contributed by atoms with Crippen molar-refractivity contribution in [1.29, 1.82) is 0 Å². The Morgan fingerprint density at radius 2 is 1.93 bits per heavy atom. The summed E-state index contributed by atoms with van der Waals surface area (Å²) in [5.41, 5.74) is 3.15. The smallest absolute Gasteiger partial charge is 0.548 e. The number of aliphatic carboxylic acids is 1. The van der Waals surface area contributed by atoms with Gasteiger partial charge in [0.25, 0.3) is 0 Å². The predicted molar refractivity (Wildman–Crippen MR) is 148 cm³/mol. The fourth-order valence-electron chi connectivity index (χ4n) is 4.91. The number of hydrogen-bond acceptors (Lipinski definition) is 12. The van der Waals surface area contributed by atoms with Gasteiger partial charge in [0.15, 0.2) is 9.84 Å². The van der Waals surface area contributed by atoms with Gasteiger partial charge >= 0.3 is 35.7 Å². The molecule has 2 aromatic rings. The molecular formula is C26H36N7NaO6S. The number of nitrogens with zero attached hydrogens (tertiary/aromatic N) is 4. The number of carboxylic acid groups (broad SMARTS) is 1. The minimum absolute atomic E-state index is 0. The van der Waals surface area contributed by atoms with E-state index in [0.717, 1.165) is 74.5 Å². The van der Waals surface area contributed by atoms with E-state index in [1.165, 1.54) is 5.56 Å². The second-order valence-corrected chi connectivity index (χ2v) is 12.5. The minimum Gasteiger partial charge on any atom is -0.548 e. The first-order valence-corrected chi connectivity index (χ1v) is 15.5. The number of hydrogen-bond donors (Lipinski definition) is 3. The van der Waals surface area contributed by atoms with Crippen LogP contribution in [-0.4, -0.2) is 86.3 Å². The number of nitrogens with one attached hydrogen (secondary N) is 3. The van der Waals surface area contributed by atoms with Crippen LogP contribution in [0.3, 0.4) is 0 Å². The number of rotatable bonds is 10. The Bertz CT molecular complexity index is 1350. The van der Waals surface area contributed by atoms with Crippen molar-refractivity contribution in [3.05, 3.63) is 34.8 Å². The molecule has 41 heavy (non-hydrogen) atoms. The third-order valence-corrected chi connectivity index (χ3v) is 8.01. The summed E-state index contributed by atoms with van der Waals surface area (Å²) in [4.78, 5) is 39.8. The van der Waals surface area contributed by atoms with Crippen LogP contribution in [0.4, 0.5) is 22.2 Å². The molecule has 2 aromatic heterocycles. The molecule has 218 valence electrons. The number of aromatic nitrogens is 3. The summed E-state index contributed by atoms with van der Waals surface area (Å²) in [6.45, 7) is 5.55. The van der Waals surface area contributed by atoms with Crippen molar-refractivity contribution in [2.24, 2.45) is 0 Å². The molecular weight excluding hydrogens is 561 g/mol. The number of ether oxygens (including phenoxy) is 1. The van der Waals surface area contributed by atoms with Gasteiger partial charge in [0.2, 0.25) is 0 Å². The molecule has 3 N–H and O–H groups in total. The Labute approximate surface area is 262 Å². The van der Waals surface area contributed by atoms with Gasteiger partial charge in [-0.2, -0.15) is 0 Å². The fourth-order valence-corrected chi connectivity index (χ4v) is 5.30. The van der Waals surface area contributed by atoms with Crippen molar-refractivity contribution in [3.63, 3.8) is 0 Å². The third kappa shape index (κ3) is 9.15. The van der Waals surface area contributed by atoms with Crippen LogP contribution >= 0.6 is 0 Å². The van der Waals surface area contributed by atoms with Crippen molar-refractivity contribution in [1.82, 2.24) is 20.3 Å². The first kappa shape index (κ1) is 32.8. The molecule has 4 rings (SSSR count). The molecule has 2 aliphatic heterocycles. The Hall–Kier alpha value is -2.68. The van der Waals surface area contributed by atoms with E-state index in [9.17, 15) is 23.1 Å². The Morgan fingerprint density at radius 3 is 2.61 bits per heavy atom. The number of pyridine rings is 1. The number of sulfone groups is 1. The monoisotopic (exact) mass is 597 g/mol. The molecule has 2 aliphatic rings. The molecule has 0 aliphatic carbocycles. The third-order valence-electron chi connectivity index (χ3n) is 7.10. The summed E-state index contributed by atoms with van der Waals surface area (Å²) in [7, 11) is -3.32. The van der Waals surface area contributed by atoms with E-state index in [1.807, 2.05) is 6.92 Å². The molecule has 0 unspecified atom stereocenters. The molecule has 0 saturated carbocycles. The van der Waals surface area contributed by atoms with Crippen LogP contribution in [-0.2, 0) is 25.8 Å². The summed E-state index contributed by atoms with van der Waals surface area (Å²) < 4.78 is 27.1. The number of anilines is 3. The fraction of sp³-hybridized carbons (Fsp3) is 0.577. The van der Waals surface area contributed by atoms with Gasteiger partial charge in [-0.1, -0.05) is 6.07 Å². The zero-order valence-electron chi connectivity index (χ0n) is 24.0. The zero-order chi connectivity index (χ0) is 28.9. The molecule has 1 fully saturated rings. The van der Waals surface area contributed by atoms with Gasteiger partial charge in [0.1, 0.15) is 29.9 Å². The molecule has 0 spiro atoms. The quantitative estimate of drug-likeness (QED) is 0.246. The normalized spacial score (nSPS) is 16.0. The van der Waals surface area contributed by atoms with Crippen LogP contribution < -0.4 is 55.5 Å². The summed E-state index contributed by atoms with van der Waals surface area (Å²) in [6.07, 6.45) is 4.00. The zero-order valence-corrected chi connectivity index (χ0v) is 26.8. The van der Waals surface area contributed by atoms with Gasteiger partial charge in [-0.15, -0.1) is 0 Å². The van der Waals surface area contributed by atoms with Gasteiger partial charge in [-0.25, -0.2) is 28.2 Å². The maximum absolute atomic E-state index is 11.9. The molecule has 0 bridgehead atoms.